The lowest BCUT2D eigenvalue weighted by atomic mass is 9.54. The van der Waals surface area contributed by atoms with E-state index in [-0.39, 0.29) is 6.04 Å². The first kappa shape index (κ1) is 11.8. The highest BCUT2D eigenvalue weighted by Gasteiger charge is 2.49. The van der Waals surface area contributed by atoms with E-state index in [1.165, 1.54) is 56.2 Å². The third-order valence-electron chi connectivity index (χ3n) is 6.64. The monoisotopic (exact) mass is 271 g/mol. The van der Waals surface area contributed by atoms with Crippen LogP contribution in [0, 0.1) is 23.7 Å². The first-order chi connectivity index (χ1) is 9.78. The third-order valence-corrected chi connectivity index (χ3v) is 6.64. The van der Waals surface area contributed by atoms with Gasteiger partial charge in [-0.1, -0.05) is 0 Å². The van der Waals surface area contributed by atoms with Crippen molar-refractivity contribution in [2.75, 3.05) is 0 Å². The lowest BCUT2D eigenvalue weighted by Crippen LogP contribution is -2.46. The Bertz CT molecular complexity index is 504. The number of aryl methyl sites for hydroxylation is 1. The first-order valence-electron chi connectivity index (χ1n) is 8.61. The lowest BCUT2D eigenvalue weighted by molar-refractivity contribution is -0.0338. The largest absolute Gasteiger partial charge is 0.323 e. The van der Waals surface area contributed by atoms with Crippen LogP contribution in [0.1, 0.15) is 68.3 Å². The van der Waals surface area contributed by atoms with E-state index in [0.717, 1.165) is 30.1 Å². The second-order valence-electron chi connectivity index (χ2n) is 7.94. The van der Waals surface area contributed by atoms with Crippen molar-refractivity contribution in [3.05, 3.63) is 17.5 Å². The maximum absolute atomic E-state index is 6.26. The summed E-state index contributed by atoms with van der Waals surface area (Å²) in [5.74, 6) is 3.90. The molecule has 0 aromatic carbocycles. The topological polar surface area (TPSA) is 43.8 Å². The molecule has 0 amide bonds. The number of nitrogens with two attached hydrogens (primary N) is 1. The standard InChI is InChI=1S/C17H25N3/c18-15-3-1-2-12-9-20(19-16(12)15)17-13-5-10-4-11(7-13)8-14(17)6-10/h9-11,13-15,17H,1-8,18H2. The summed E-state index contributed by atoms with van der Waals surface area (Å²) in [7, 11) is 0. The molecule has 0 radical (unpaired) electrons. The zero-order chi connectivity index (χ0) is 13.3. The van der Waals surface area contributed by atoms with Gasteiger partial charge in [-0.15, -0.1) is 0 Å². The van der Waals surface area contributed by atoms with Gasteiger partial charge in [0.1, 0.15) is 0 Å². The molecule has 4 fully saturated rings. The van der Waals surface area contributed by atoms with Crippen molar-refractivity contribution < 1.29 is 0 Å². The molecule has 0 saturated heterocycles. The number of fused-ring (bicyclic) bond motifs is 1. The normalized spacial score (nSPS) is 45.6. The SMILES string of the molecule is NC1CCCc2cn(C3C4CC5CC(C4)CC3C5)nc21. The first-order valence-corrected chi connectivity index (χ1v) is 8.61. The van der Waals surface area contributed by atoms with Gasteiger partial charge in [-0.3, -0.25) is 4.68 Å². The summed E-state index contributed by atoms with van der Waals surface area (Å²) >= 11 is 0. The van der Waals surface area contributed by atoms with Crippen molar-refractivity contribution in [2.24, 2.45) is 29.4 Å². The number of hydrogen-bond donors (Lipinski definition) is 1. The summed E-state index contributed by atoms with van der Waals surface area (Å²) in [4.78, 5) is 0. The zero-order valence-electron chi connectivity index (χ0n) is 12.2. The van der Waals surface area contributed by atoms with Crippen LogP contribution < -0.4 is 5.73 Å². The summed E-state index contributed by atoms with van der Waals surface area (Å²) < 4.78 is 2.36. The van der Waals surface area contributed by atoms with Crippen LogP contribution in [0.5, 0.6) is 0 Å². The van der Waals surface area contributed by atoms with Crippen molar-refractivity contribution in [1.82, 2.24) is 9.78 Å². The lowest BCUT2D eigenvalue weighted by Gasteiger charge is -2.54. The van der Waals surface area contributed by atoms with E-state index in [0.29, 0.717) is 6.04 Å². The molecule has 0 aliphatic heterocycles. The Morgan fingerprint density at radius 3 is 2.40 bits per heavy atom. The van der Waals surface area contributed by atoms with Crippen LogP contribution in [0.25, 0.3) is 0 Å². The predicted molar refractivity (Wildman–Crippen MR) is 78.2 cm³/mol. The van der Waals surface area contributed by atoms with Gasteiger partial charge in [0.05, 0.1) is 11.7 Å². The Kier molecular flexibility index (Phi) is 2.41. The fourth-order valence-electron chi connectivity index (χ4n) is 6.08. The second-order valence-corrected chi connectivity index (χ2v) is 7.94. The fourth-order valence-corrected chi connectivity index (χ4v) is 6.08. The Morgan fingerprint density at radius 2 is 1.75 bits per heavy atom. The minimum absolute atomic E-state index is 0.192. The highest BCUT2D eigenvalue weighted by atomic mass is 15.3. The molecule has 1 aromatic rings. The Labute approximate surface area is 120 Å². The Balaban J connectivity index is 1.51. The molecule has 1 aromatic heterocycles. The smallest absolute Gasteiger partial charge is 0.0823 e. The van der Waals surface area contributed by atoms with E-state index >= 15 is 0 Å². The van der Waals surface area contributed by atoms with Crippen LogP contribution in [-0.4, -0.2) is 9.78 Å². The van der Waals surface area contributed by atoms with E-state index in [9.17, 15) is 0 Å². The molecule has 5 aliphatic rings. The van der Waals surface area contributed by atoms with Crippen molar-refractivity contribution in [3.63, 3.8) is 0 Å². The molecule has 3 nitrogen and oxygen atoms in total. The van der Waals surface area contributed by atoms with E-state index in [4.69, 9.17) is 10.8 Å². The van der Waals surface area contributed by atoms with Gasteiger partial charge >= 0.3 is 0 Å². The minimum atomic E-state index is 0.192. The van der Waals surface area contributed by atoms with Gasteiger partial charge in [0.2, 0.25) is 0 Å². The van der Waals surface area contributed by atoms with E-state index in [1.54, 1.807) is 0 Å². The summed E-state index contributed by atoms with van der Waals surface area (Å²) in [6.07, 6.45) is 13.3. The third kappa shape index (κ3) is 1.59. The molecule has 0 spiro atoms. The minimum Gasteiger partial charge on any atom is -0.323 e. The van der Waals surface area contributed by atoms with Crippen LogP contribution >= 0.6 is 0 Å². The second kappa shape index (κ2) is 4.09. The summed E-state index contributed by atoms with van der Waals surface area (Å²) in [5.41, 5.74) is 8.91. The van der Waals surface area contributed by atoms with Gasteiger partial charge in [0.15, 0.2) is 0 Å². The molecule has 4 saturated carbocycles. The van der Waals surface area contributed by atoms with Crippen LogP contribution in [0.2, 0.25) is 0 Å². The van der Waals surface area contributed by atoms with Crippen LogP contribution in [0.4, 0.5) is 0 Å². The average Bonchev–Trinajstić information content (AvgIpc) is 2.82. The highest BCUT2D eigenvalue weighted by Crippen LogP contribution is 2.58. The molecule has 108 valence electrons. The maximum Gasteiger partial charge on any atom is 0.0823 e. The predicted octanol–water partition coefficient (Wildman–Crippen LogP) is 3.22. The van der Waals surface area contributed by atoms with Gasteiger partial charge in [-0.25, -0.2) is 0 Å². The average molecular weight is 271 g/mol. The van der Waals surface area contributed by atoms with Crippen molar-refractivity contribution >= 4 is 0 Å². The molecular formula is C17H25N3. The quantitative estimate of drug-likeness (QED) is 0.852. The molecule has 1 unspecified atom stereocenters. The van der Waals surface area contributed by atoms with E-state index in [1.807, 2.05) is 0 Å². The van der Waals surface area contributed by atoms with Gasteiger partial charge in [0.25, 0.3) is 0 Å². The number of nitrogens with zero attached hydrogens (tertiary/aromatic N) is 2. The Hall–Kier alpha value is -0.830. The van der Waals surface area contributed by atoms with Crippen molar-refractivity contribution in [1.29, 1.82) is 0 Å². The maximum atomic E-state index is 6.26. The zero-order valence-corrected chi connectivity index (χ0v) is 12.2. The molecule has 20 heavy (non-hydrogen) atoms. The molecule has 2 N–H and O–H groups in total. The molecule has 6 rings (SSSR count). The number of aromatic nitrogens is 2. The van der Waals surface area contributed by atoms with Crippen LogP contribution in [0.3, 0.4) is 0 Å². The molecule has 3 heteroatoms. The number of hydrogen-bond acceptors (Lipinski definition) is 2. The van der Waals surface area contributed by atoms with Crippen LogP contribution in [-0.2, 0) is 6.42 Å². The molecule has 4 bridgehead atoms. The van der Waals surface area contributed by atoms with Crippen molar-refractivity contribution in [2.45, 2.75) is 63.5 Å². The molecule has 1 atom stereocenters. The number of rotatable bonds is 1. The fraction of sp³-hybridized carbons (Fsp3) is 0.824. The molecular weight excluding hydrogens is 246 g/mol. The van der Waals surface area contributed by atoms with Gasteiger partial charge in [0, 0.05) is 12.2 Å². The highest BCUT2D eigenvalue weighted by molar-refractivity contribution is 5.24. The van der Waals surface area contributed by atoms with Gasteiger partial charge in [-0.2, -0.15) is 5.10 Å². The summed E-state index contributed by atoms with van der Waals surface area (Å²) in [5, 5.41) is 4.97. The molecule has 1 heterocycles. The van der Waals surface area contributed by atoms with Gasteiger partial charge < -0.3 is 5.73 Å². The van der Waals surface area contributed by atoms with Crippen LogP contribution in [0.15, 0.2) is 6.20 Å². The van der Waals surface area contributed by atoms with Gasteiger partial charge in [-0.05, 0) is 80.6 Å². The van der Waals surface area contributed by atoms with Crippen molar-refractivity contribution in [3.8, 4) is 0 Å². The van der Waals surface area contributed by atoms with E-state index in [2.05, 4.69) is 10.9 Å². The summed E-state index contributed by atoms with van der Waals surface area (Å²) in [6.45, 7) is 0. The summed E-state index contributed by atoms with van der Waals surface area (Å²) in [6, 6.07) is 0.887. The van der Waals surface area contributed by atoms with E-state index < -0.39 is 0 Å². The Morgan fingerprint density at radius 1 is 1.05 bits per heavy atom. The molecule has 5 aliphatic carbocycles.